The van der Waals surface area contributed by atoms with Gasteiger partial charge in [0.2, 0.25) is 0 Å². The first-order chi connectivity index (χ1) is 7.18. The Balaban J connectivity index is 2.35. The van der Waals surface area contributed by atoms with Crippen molar-refractivity contribution in [3.05, 3.63) is 30.2 Å². The number of hydrogen-bond donors (Lipinski definition) is 1. The fourth-order valence-electron chi connectivity index (χ4n) is 1.73. The fourth-order valence-corrected chi connectivity index (χ4v) is 1.73. The van der Waals surface area contributed by atoms with Gasteiger partial charge in [-0.05, 0) is 24.5 Å². The third-order valence-electron chi connectivity index (χ3n) is 2.40. The van der Waals surface area contributed by atoms with E-state index in [2.05, 4.69) is 24.0 Å². The van der Waals surface area contributed by atoms with E-state index >= 15 is 0 Å². The van der Waals surface area contributed by atoms with Crippen LogP contribution in [0.1, 0.15) is 32.1 Å². The summed E-state index contributed by atoms with van der Waals surface area (Å²) in [4.78, 5) is 0. The molecule has 15 heavy (non-hydrogen) atoms. The molecule has 2 aromatic rings. The maximum absolute atomic E-state index is 6.08. The number of fused-ring (bicyclic) bond motifs is 1. The minimum Gasteiger partial charge on any atom is -0.321 e. The summed E-state index contributed by atoms with van der Waals surface area (Å²) >= 11 is 0. The van der Waals surface area contributed by atoms with Gasteiger partial charge in [0.15, 0.2) is 11.5 Å². The van der Waals surface area contributed by atoms with E-state index in [4.69, 9.17) is 5.73 Å². The van der Waals surface area contributed by atoms with Crippen LogP contribution in [0.3, 0.4) is 0 Å². The molecule has 0 amide bonds. The van der Waals surface area contributed by atoms with Gasteiger partial charge in [-0.3, -0.25) is 4.40 Å². The second kappa shape index (κ2) is 3.98. The van der Waals surface area contributed by atoms with Crippen LogP contribution in [0.5, 0.6) is 0 Å². The average molecular weight is 204 g/mol. The largest absolute Gasteiger partial charge is 0.321 e. The summed E-state index contributed by atoms with van der Waals surface area (Å²) in [6.45, 7) is 4.31. The highest BCUT2D eigenvalue weighted by Gasteiger charge is 2.14. The van der Waals surface area contributed by atoms with Crippen LogP contribution in [0.25, 0.3) is 5.65 Å². The molecule has 0 radical (unpaired) electrons. The lowest BCUT2D eigenvalue weighted by Crippen LogP contribution is -2.16. The SMILES string of the molecule is CC(C)C[C@@H](N)c1nnc2ccccn12. The summed E-state index contributed by atoms with van der Waals surface area (Å²) in [5.41, 5.74) is 6.94. The lowest BCUT2D eigenvalue weighted by molar-refractivity contribution is 0.490. The summed E-state index contributed by atoms with van der Waals surface area (Å²) in [6, 6.07) is 5.80. The maximum Gasteiger partial charge on any atom is 0.160 e. The average Bonchev–Trinajstić information content (AvgIpc) is 2.59. The summed E-state index contributed by atoms with van der Waals surface area (Å²) in [5.74, 6) is 1.41. The van der Waals surface area contributed by atoms with Crippen LogP contribution in [0.15, 0.2) is 24.4 Å². The van der Waals surface area contributed by atoms with Gasteiger partial charge in [0.05, 0.1) is 6.04 Å². The van der Waals surface area contributed by atoms with E-state index in [9.17, 15) is 0 Å². The Morgan fingerprint density at radius 1 is 1.33 bits per heavy atom. The van der Waals surface area contributed by atoms with Crippen LogP contribution < -0.4 is 5.73 Å². The Hall–Kier alpha value is -1.42. The van der Waals surface area contributed by atoms with E-state index in [1.165, 1.54) is 0 Å². The zero-order chi connectivity index (χ0) is 10.8. The van der Waals surface area contributed by atoms with Crippen LogP contribution in [-0.4, -0.2) is 14.6 Å². The molecule has 0 spiro atoms. The summed E-state index contributed by atoms with van der Waals surface area (Å²) < 4.78 is 1.95. The molecule has 2 aromatic heterocycles. The quantitative estimate of drug-likeness (QED) is 0.829. The van der Waals surface area contributed by atoms with Crippen LogP contribution in [0.4, 0.5) is 0 Å². The Kier molecular flexibility index (Phi) is 2.68. The Morgan fingerprint density at radius 2 is 2.13 bits per heavy atom. The van der Waals surface area contributed by atoms with Gasteiger partial charge in [-0.15, -0.1) is 10.2 Å². The van der Waals surface area contributed by atoms with Crippen molar-refractivity contribution in [2.45, 2.75) is 26.3 Å². The van der Waals surface area contributed by atoms with E-state index in [0.29, 0.717) is 5.92 Å². The van der Waals surface area contributed by atoms with Gasteiger partial charge in [-0.2, -0.15) is 0 Å². The second-order valence-electron chi connectivity index (χ2n) is 4.22. The Morgan fingerprint density at radius 3 is 2.87 bits per heavy atom. The number of aromatic nitrogens is 3. The molecule has 4 nitrogen and oxygen atoms in total. The smallest absolute Gasteiger partial charge is 0.160 e. The van der Waals surface area contributed by atoms with E-state index in [1.807, 2.05) is 28.8 Å². The van der Waals surface area contributed by atoms with Gasteiger partial charge in [-0.1, -0.05) is 19.9 Å². The fraction of sp³-hybridized carbons (Fsp3) is 0.455. The van der Waals surface area contributed by atoms with Crippen LogP contribution >= 0.6 is 0 Å². The first kappa shape index (κ1) is 10.1. The predicted octanol–water partition coefficient (Wildman–Crippen LogP) is 1.78. The van der Waals surface area contributed by atoms with Crippen LogP contribution in [-0.2, 0) is 0 Å². The van der Waals surface area contributed by atoms with Crippen molar-refractivity contribution >= 4 is 5.65 Å². The molecule has 0 aliphatic carbocycles. The van der Waals surface area contributed by atoms with Crippen LogP contribution in [0.2, 0.25) is 0 Å². The number of nitrogens with zero attached hydrogens (tertiary/aromatic N) is 3. The summed E-state index contributed by atoms with van der Waals surface area (Å²) in [5, 5.41) is 8.22. The molecule has 0 aliphatic heterocycles. The lowest BCUT2D eigenvalue weighted by Gasteiger charge is -2.11. The van der Waals surface area contributed by atoms with Crippen molar-refractivity contribution in [3.8, 4) is 0 Å². The molecule has 2 N–H and O–H groups in total. The van der Waals surface area contributed by atoms with Crippen molar-refractivity contribution in [1.29, 1.82) is 0 Å². The van der Waals surface area contributed by atoms with Gasteiger partial charge >= 0.3 is 0 Å². The molecular formula is C11H16N4. The molecule has 0 fully saturated rings. The number of pyridine rings is 1. The first-order valence-electron chi connectivity index (χ1n) is 5.23. The molecule has 80 valence electrons. The number of rotatable bonds is 3. The molecule has 2 heterocycles. The molecule has 0 unspecified atom stereocenters. The van der Waals surface area contributed by atoms with Gasteiger partial charge in [-0.25, -0.2) is 0 Å². The van der Waals surface area contributed by atoms with E-state index < -0.39 is 0 Å². The molecule has 0 aliphatic rings. The van der Waals surface area contributed by atoms with Gasteiger partial charge in [0, 0.05) is 6.20 Å². The van der Waals surface area contributed by atoms with Gasteiger partial charge < -0.3 is 5.73 Å². The molecule has 0 saturated carbocycles. The standard InChI is InChI=1S/C11H16N4/c1-8(2)7-9(12)11-14-13-10-5-3-4-6-15(10)11/h3-6,8-9H,7,12H2,1-2H3/t9-/m1/s1. The molecular weight excluding hydrogens is 188 g/mol. The third-order valence-corrected chi connectivity index (χ3v) is 2.40. The minimum atomic E-state index is -0.0394. The molecule has 0 bridgehead atoms. The van der Waals surface area contributed by atoms with Crippen molar-refractivity contribution in [1.82, 2.24) is 14.6 Å². The van der Waals surface area contributed by atoms with E-state index in [0.717, 1.165) is 17.9 Å². The summed E-state index contributed by atoms with van der Waals surface area (Å²) in [7, 11) is 0. The van der Waals surface area contributed by atoms with Crippen LogP contribution in [0, 0.1) is 5.92 Å². The van der Waals surface area contributed by atoms with E-state index in [-0.39, 0.29) is 6.04 Å². The summed E-state index contributed by atoms with van der Waals surface area (Å²) in [6.07, 6.45) is 2.88. The topological polar surface area (TPSA) is 56.2 Å². The molecule has 4 heteroatoms. The van der Waals surface area contributed by atoms with Gasteiger partial charge in [0.1, 0.15) is 0 Å². The minimum absolute atomic E-state index is 0.0394. The van der Waals surface area contributed by atoms with Gasteiger partial charge in [0.25, 0.3) is 0 Å². The van der Waals surface area contributed by atoms with E-state index in [1.54, 1.807) is 0 Å². The number of hydrogen-bond acceptors (Lipinski definition) is 3. The van der Waals surface area contributed by atoms with Crippen molar-refractivity contribution in [2.75, 3.05) is 0 Å². The zero-order valence-electron chi connectivity index (χ0n) is 9.09. The Bertz CT molecular complexity index is 447. The monoisotopic (exact) mass is 204 g/mol. The highest BCUT2D eigenvalue weighted by molar-refractivity contribution is 5.37. The molecule has 2 rings (SSSR count). The Labute approximate surface area is 89.1 Å². The first-order valence-corrected chi connectivity index (χ1v) is 5.23. The number of nitrogens with two attached hydrogens (primary N) is 1. The maximum atomic E-state index is 6.08. The highest BCUT2D eigenvalue weighted by Crippen LogP contribution is 2.17. The van der Waals surface area contributed by atoms with Crippen molar-refractivity contribution in [2.24, 2.45) is 11.7 Å². The third kappa shape index (κ3) is 1.99. The highest BCUT2D eigenvalue weighted by atomic mass is 15.3. The molecule has 0 saturated heterocycles. The normalized spacial score (nSPS) is 13.6. The van der Waals surface area contributed by atoms with Crippen molar-refractivity contribution in [3.63, 3.8) is 0 Å². The molecule has 1 atom stereocenters. The van der Waals surface area contributed by atoms with Crippen molar-refractivity contribution < 1.29 is 0 Å². The predicted molar refractivity (Wildman–Crippen MR) is 59.4 cm³/mol. The molecule has 0 aromatic carbocycles. The zero-order valence-corrected chi connectivity index (χ0v) is 9.09. The second-order valence-corrected chi connectivity index (χ2v) is 4.22. The lowest BCUT2D eigenvalue weighted by atomic mass is 10.0.